The summed E-state index contributed by atoms with van der Waals surface area (Å²) in [6.45, 7) is 12.3. The molecule has 0 saturated heterocycles. The van der Waals surface area contributed by atoms with Crippen LogP contribution < -0.4 is 0 Å². The molecule has 0 radical (unpaired) electrons. The minimum absolute atomic E-state index is 0.171. The number of hydrogen-bond donors (Lipinski definition) is 1. The molecule has 0 heterocycles. The van der Waals surface area contributed by atoms with E-state index in [9.17, 15) is 8.42 Å². The van der Waals surface area contributed by atoms with E-state index >= 15 is 0 Å². The molecule has 4 aliphatic carbocycles. The van der Waals surface area contributed by atoms with Crippen LogP contribution in [0.2, 0.25) is 0 Å². The van der Waals surface area contributed by atoms with Crippen LogP contribution in [0.1, 0.15) is 105 Å². The fourth-order valence-corrected chi connectivity index (χ4v) is 9.41. The largest absolute Gasteiger partial charge is 0.397 e. The maximum absolute atomic E-state index is 11.2. The zero-order chi connectivity index (χ0) is 23.3. The highest BCUT2D eigenvalue weighted by Crippen LogP contribution is 2.67. The molecular formula is C27H46O4S. The lowest BCUT2D eigenvalue weighted by molar-refractivity contribution is -0.0560. The molecule has 4 aliphatic rings. The van der Waals surface area contributed by atoms with E-state index in [4.69, 9.17) is 8.74 Å². The minimum atomic E-state index is -4.38. The Balaban J connectivity index is 1.47. The topological polar surface area (TPSA) is 63.6 Å². The zero-order valence-electron chi connectivity index (χ0n) is 21.0. The van der Waals surface area contributed by atoms with Crippen LogP contribution in [0.25, 0.3) is 0 Å². The summed E-state index contributed by atoms with van der Waals surface area (Å²) in [5.74, 6) is 4.83. The van der Waals surface area contributed by atoms with Crippen LogP contribution in [0.4, 0.5) is 0 Å². The molecule has 3 fully saturated rings. The molecule has 184 valence electrons. The van der Waals surface area contributed by atoms with Gasteiger partial charge < -0.3 is 0 Å². The predicted octanol–water partition coefficient (Wildman–Crippen LogP) is 7.22. The second-order valence-electron chi connectivity index (χ2n) is 12.7. The molecule has 3 unspecified atom stereocenters. The summed E-state index contributed by atoms with van der Waals surface area (Å²) in [6, 6.07) is 0. The van der Waals surface area contributed by atoms with E-state index in [1.54, 1.807) is 0 Å². The van der Waals surface area contributed by atoms with Gasteiger partial charge in [0.2, 0.25) is 0 Å². The first kappa shape index (κ1) is 24.7. The van der Waals surface area contributed by atoms with Gasteiger partial charge in [0.25, 0.3) is 0 Å². The molecule has 0 aliphatic heterocycles. The Kier molecular flexibility index (Phi) is 6.95. The normalized spacial score (nSPS) is 42.7. The predicted molar refractivity (Wildman–Crippen MR) is 129 cm³/mol. The molecule has 8 atom stereocenters. The lowest BCUT2D eigenvalue weighted by Crippen LogP contribution is -2.51. The molecule has 0 amide bonds. The van der Waals surface area contributed by atoms with Crippen molar-refractivity contribution in [2.45, 2.75) is 111 Å². The third-order valence-electron chi connectivity index (χ3n) is 10.5. The highest BCUT2D eigenvalue weighted by atomic mass is 32.3. The maximum atomic E-state index is 11.2. The Morgan fingerprint density at radius 2 is 1.81 bits per heavy atom. The average molecular weight is 467 g/mol. The molecule has 3 saturated carbocycles. The number of allylic oxidation sites excluding steroid dienone is 1. The van der Waals surface area contributed by atoms with Crippen LogP contribution in [0, 0.1) is 46.3 Å². The maximum Gasteiger partial charge on any atom is 0.397 e. The van der Waals surface area contributed by atoms with Crippen molar-refractivity contribution in [1.29, 1.82) is 0 Å². The molecule has 0 bridgehead atoms. The molecule has 32 heavy (non-hydrogen) atoms. The van der Waals surface area contributed by atoms with Crippen LogP contribution in [0.5, 0.6) is 0 Å². The Morgan fingerprint density at radius 3 is 2.50 bits per heavy atom. The van der Waals surface area contributed by atoms with E-state index in [2.05, 4.69) is 40.7 Å². The smallest absolute Gasteiger partial charge is 0.264 e. The van der Waals surface area contributed by atoms with Crippen molar-refractivity contribution in [3.05, 3.63) is 11.6 Å². The van der Waals surface area contributed by atoms with Crippen molar-refractivity contribution in [2.75, 3.05) is 0 Å². The minimum Gasteiger partial charge on any atom is -0.264 e. The van der Waals surface area contributed by atoms with Crippen molar-refractivity contribution in [2.24, 2.45) is 46.3 Å². The van der Waals surface area contributed by atoms with Gasteiger partial charge in [0.15, 0.2) is 0 Å². The molecule has 5 heteroatoms. The summed E-state index contributed by atoms with van der Waals surface area (Å²) in [6.07, 6.45) is 15.1. The van der Waals surface area contributed by atoms with Crippen LogP contribution in [0.3, 0.4) is 0 Å². The summed E-state index contributed by atoms with van der Waals surface area (Å²) >= 11 is 0. The summed E-state index contributed by atoms with van der Waals surface area (Å²) in [4.78, 5) is 0. The average Bonchev–Trinajstić information content (AvgIpc) is 3.04. The Labute approximate surface area is 196 Å². The van der Waals surface area contributed by atoms with E-state index in [0.717, 1.165) is 42.4 Å². The van der Waals surface area contributed by atoms with Gasteiger partial charge in [-0.1, -0.05) is 65.5 Å². The summed E-state index contributed by atoms with van der Waals surface area (Å²) < 4.78 is 36.6. The van der Waals surface area contributed by atoms with Crippen molar-refractivity contribution in [1.82, 2.24) is 0 Å². The monoisotopic (exact) mass is 466 g/mol. The zero-order valence-corrected chi connectivity index (χ0v) is 21.8. The van der Waals surface area contributed by atoms with Gasteiger partial charge in [-0.3, -0.25) is 4.55 Å². The first-order chi connectivity index (χ1) is 14.9. The standard InChI is InChI=1S/C27H46O4S/c1-18(2)7-6-8-19(3)23-11-12-24-22-10-9-20-17-21(31-32(28,29)30)13-15-26(20,4)25(22)14-16-27(23,24)5/h9,18-19,21-25H,6-8,10-17H2,1-5H3,(H,28,29,30)/t19-,21+,22?,23-,24?,25?,26+,27-/m1/s1. The van der Waals surface area contributed by atoms with E-state index in [1.807, 2.05) is 0 Å². The van der Waals surface area contributed by atoms with E-state index in [-0.39, 0.29) is 5.41 Å². The molecule has 0 aromatic carbocycles. The molecule has 4 nitrogen and oxygen atoms in total. The van der Waals surface area contributed by atoms with Gasteiger partial charge in [-0.05, 0) is 97.7 Å². The number of fused-ring (bicyclic) bond motifs is 5. The van der Waals surface area contributed by atoms with Crippen molar-refractivity contribution >= 4 is 10.4 Å². The second kappa shape index (κ2) is 9.00. The molecule has 0 aromatic heterocycles. The third kappa shape index (κ3) is 4.60. The molecule has 0 aromatic rings. The van der Waals surface area contributed by atoms with Crippen molar-refractivity contribution in [3.63, 3.8) is 0 Å². The SMILES string of the molecule is CC(C)CCC[C@@H](C)[C@H]1CCC2C3CC=C4C[C@@H](OS(=O)(=O)O)CC[C@]4(C)C3CC[C@@]21C. The van der Waals surface area contributed by atoms with Crippen molar-refractivity contribution < 1.29 is 17.2 Å². The Bertz CT molecular complexity index is 818. The van der Waals surface area contributed by atoms with Crippen LogP contribution in [-0.4, -0.2) is 19.1 Å². The van der Waals surface area contributed by atoms with Crippen LogP contribution >= 0.6 is 0 Å². The number of hydrogen-bond acceptors (Lipinski definition) is 3. The van der Waals surface area contributed by atoms with Crippen LogP contribution in [-0.2, 0) is 14.6 Å². The fourth-order valence-electron chi connectivity index (χ4n) is 8.91. The fraction of sp³-hybridized carbons (Fsp3) is 0.926. The van der Waals surface area contributed by atoms with E-state index < -0.39 is 16.5 Å². The van der Waals surface area contributed by atoms with E-state index in [1.165, 1.54) is 50.5 Å². The summed E-state index contributed by atoms with van der Waals surface area (Å²) in [7, 11) is -4.38. The highest BCUT2D eigenvalue weighted by Gasteiger charge is 2.59. The molecular weight excluding hydrogens is 420 g/mol. The van der Waals surface area contributed by atoms with Gasteiger partial charge in [-0.25, -0.2) is 4.18 Å². The first-order valence-corrected chi connectivity index (χ1v) is 14.7. The molecule has 0 spiro atoms. The van der Waals surface area contributed by atoms with Crippen LogP contribution in [0.15, 0.2) is 11.6 Å². The Hall–Kier alpha value is -0.390. The molecule has 1 N–H and O–H groups in total. The second-order valence-corrected chi connectivity index (χ2v) is 13.7. The van der Waals surface area contributed by atoms with E-state index in [0.29, 0.717) is 24.2 Å². The van der Waals surface area contributed by atoms with Crippen molar-refractivity contribution in [3.8, 4) is 0 Å². The van der Waals surface area contributed by atoms with Gasteiger partial charge in [-0.15, -0.1) is 0 Å². The van der Waals surface area contributed by atoms with Gasteiger partial charge >= 0.3 is 10.4 Å². The van der Waals surface area contributed by atoms with Gasteiger partial charge in [-0.2, -0.15) is 8.42 Å². The summed E-state index contributed by atoms with van der Waals surface area (Å²) in [5, 5.41) is 0. The van der Waals surface area contributed by atoms with Gasteiger partial charge in [0, 0.05) is 0 Å². The first-order valence-electron chi connectivity index (χ1n) is 13.3. The lowest BCUT2D eigenvalue weighted by atomic mass is 9.47. The highest BCUT2D eigenvalue weighted by molar-refractivity contribution is 7.80. The quantitative estimate of drug-likeness (QED) is 0.318. The molecule has 4 rings (SSSR count). The third-order valence-corrected chi connectivity index (χ3v) is 11.0. The van der Waals surface area contributed by atoms with Gasteiger partial charge in [0.05, 0.1) is 6.10 Å². The summed E-state index contributed by atoms with van der Waals surface area (Å²) in [5.41, 5.74) is 2.05. The Morgan fingerprint density at radius 1 is 1.06 bits per heavy atom. The lowest BCUT2D eigenvalue weighted by Gasteiger charge is -2.58. The number of rotatable bonds is 7. The van der Waals surface area contributed by atoms with Gasteiger partial charge in [0.1, 0.15) is 0 Å².